The van der Waals surface area contributed by atoms with Crippen molar-refractivity contribution in [3.8, 4) is 0 Å². The van der Waals surface area contributed by atoms with Crippen LogP contribution in [0.15, 0.2) is 17.5 Å². The van der Waals surface area contributed by atoms with E-state index in [9.17, 15) is 0 Å². The molecule has 2 nitrogen and oxygen atoms in total. The minimum absolute atomic E-state index is 0.488. The number of piperazine rings is 1. The summed E-state index contributed by atoms with van der Waals surface area (Å²) in [6, 6.07) is 4.44. The van der Waals surface area contributed by atoms with Crippen molar-refractivity contribution >= 4 is 11.3 Å². The molecule has 1 spiro atoms. The molecule has 1 saturated heterocycles. The van der Waals surface area contributed by atoms with Gasteiger partial charge >= 0.3 is 0 Å². The van der Waals surface area contributed by atoms with Crippen LogP contribution in [0, 0.1) is 0 Å². The number of nitrogens with zero attached hydrogens (tertiary/aromatic N) is 1. The lowest BCUT2D eigenvalue weighted by atomic mass is 9.92. The van der Waals surface area contributed by atoms with Crippen molar-refractivity contribution in [2.45, 2.75) is 37.8 Å². The summed E-state index contributed by atoms with van der Waals surface area (Å²) in [7, 11) is 0. The molecule has 88 valence electrons. The maximum absolute atomic E-state index is 3.59. The summed E-state index contributed by atoms with van der Waals surface area (Å²) in [5.74, 6) is 0. The topological polar surface area (TPSA) is 15.3 Å². The number of thiophene rings is 1. The molecule has 2 heterocycles. The van der Waals surface area contributed by atoms with Gasteiger partial charge in [-0.15, -0.1) is 11.3 Å². The fourth-order valence-electron chi connectivity index (χ4n) is 3.25. The zero-order valence-electron chi connectivity index (χ0n) is 9.74. The minimum Gasteiger partial charge on any atom is -0.314 e. The fraction of sp³-hybridized carbons (Fsp3) is 0.692. The smallest absolute Gasteiger partial charge is 0.0338 e. The fourth-order valence-corrected chi connectivity index (χ4v) is 3.97. The van der Waals surface area contributed by atoms with Gasteiger partial charge in [0.2, 0.25) is 0 Å². The van der Waals surface area contributed by atoms with Gasteiger partial charge in [-0.25, -0.2) is 0 Å². The molecule has 3 heteroatoms. The summed E-state index contributed by atoms with van der Waals surface area (Å²) in [6.07, 6.45) is 5.63. The third kappa shape index (κ3) is 1.92. The molecule has 0 atom stereocenters. The number of rotatable bonds is 2. The average molecular weight is 236 g/mol. The van der Waals surface area contributed by atoms with Crippen LogP contribution in [-0.2, 0) is 6.54 Å². The Morgan fingerprint density at radius 1 is 1.38 bits per heavy atom. The van der Waals surface area contributed by atoms with Crippen LogP contribution < -0.4 is 5.32 Å². The molecule has 1 saturated carbocycles. The summed E-state index contributed by atoms with van der Waals surface area (Å²) < 4.78 is 0. The minimum atomic E-state index is 0.488. The first-order valence-corrected chi connectivity index (χ1v) is 7.25. The van der Waals surface area contributed by atoms with E-state index in [-0.39, 0.29) is 0 Å². The molecule has 1 aliphatic heterocycles. The van der Waals surface area contributed by atoms with Crippen LogP contribution in [0.5, 0.6) is 0 Å². The van der Waals surface area contributed by atoms with Gasteiger partial charge in [0.05, 0.1) is 0 Å². The molecule has 0 radical (unpaired) electrons. The lowest BCUT2D eigenvalue weighted by Crippen LogP contribution is -2.59. The first-order valence-electron chi connectivity index (χ1n) is 6.37. The second-order valence-electron chi connectivity index (χ2n) is 5.11. The molecular weight excluding hydrogens is 216 g/mol. The highest BCUT2D eigenvalue weighted by Gasteiger charge is 2.40. The van der Waals surface area contributed by atoms with Crippen LogP contribution in [0.25, 0.3) is 0 Å². The Kier molecular flexibility index (Phi) is 3.01. The van der Waals surface area contributed by atoms with Gasteiger partial charge in [0, 0.05) is 36.6 Å². The van der Waals surface area contributed by atoms with Gasteiger partial charge in [0.25, 0.3) is 0 Å². The summed E-state index contributed by atoms with van der Waals surface area (Å²) in [6.45, 7) is 4.75. The molecule has 0 bridgehead atoms. The molecular formula is C13H20N2S. The Labute approximate surface area is 102 Å². The average Bonchev–Trinajstić information content (AvgIpc) is 2.94. The predicted octanol–water partition coefficient (Wildman–Crippen LogP) is 2.47. The maximum atomic E-state index is 3.59. The van der Waals surface area contributed by atoms with Crippen LogP contribution in [0.3, 0.4) is 0 Å². The molecule has 0 aromatic carbocycles. The second kappa shape index (κ2) is 4.47. The van der Waals surface area contributed by atoms with Gasteiger partial charge < -0.3 is 5.32 Å². The highest BCUT2D eigenvalue weighted by Crippen LogP contribution is 2.37. The third-order valence-electron chi connectivity index (χ3n) is 4.14. The summed E-state index contributed by atoms with van der Waals surface area (Å²) in [5, 5.41) is 5.78. The first-order chi connectivity index (χ1) is 7.89. The van der Waals surface area contributed by atoms with E-state index in [0.717, 1.165) is 6.54 Å². The number of hydrogen-bond donors (Lipinski definition) is 1. The Morgan fingerprint density at radius 2 is 2.25 bits per heavy atom. The Hall–Kier alpha value is -0.380. The largest absolute Gasteiger partial charge is 0.314 e. The van der Waals surface area contributed by atoms with E-state index >= 15 is 0 Å². The van der Waals surface area contributed by atoms with Gasteiger partial charge in [0.15, 0.2) is 0 Å². The molecule has 1 aliphatic carbocycles. The standard InChI is InChI=1S/C13H20N2S/c1-2-6-13(5-1)11-14-7-8-15(13)10-12-4-3-9-16-12/h3-4,9,14H,1-2,5-8,10-11H2. The van der Waals surface area contributed by atoms with Gasteiger partial charge in [-0.2, -0.15) is 0 Å². The van der Waals surface area contributed by atoms with Crippen LogP contribution >= 0.6 is 11.3 Å². The van der Waals surface area contributed by atoms with Crippen molar-refractivity contribution in [2.24, 2.45) is 0 Å². The van der Waals surface area contributed by atoms with E-state index in [1.54, 1.807) is 0 Å². The lowest BCUT2D eigenvalue weighted by Gasteiger charge is -2.45. The first kappa shape index (κ1) is 10.8. The van der Waals surface area contributed by atoms with Gasteiger partial charge in [-0.3, -0.25) is 4.90 Å². The van der Waals surface area contributed by atoms with Crippen molar-refractivity contribution < 1.29 is 0 Å². The van der Waals surface area contributed by atoms with Crippen LogP contribution in [0.4, 0.5) is 0 Å². The van der Waals surface area contributed by atoms with E-state index in [4.69, 9.17) is 0 Å². The summed E-state index contributed by atoms with van der Waals surface area (Å²) >= 11 is 1.90. The van der Waals surface area contributed by atoms with E-state index in [1.165, 1.54) is 50.2 Å². The Balaban J connectivity index is 1.75. The molecule has 16 heavy (non-hydrogen) atoms. The molecule has 1 aromatic heterocycles. The van der Waals surface area contributed by atoms with Gasteiger partial charge in [-0.05, 0) is 24.3 Å². The van der Waals surface area contributed by atoms with Crippen LogP contribution in [-0.4, -0.2) is 30.1 Å². The Morgan fingerprint density at radius 3 is 3.00 bits per heavy atom. The molecule has 1 aromatic rings. The van der Waals surface area contributed by atoms with Crippen molar-refractivity contribution in [3.05, 3.63) is 22.4 Å². The van der Waals surface area contributed by atoms with Crippen molar-refractivity contribution in [1.82, 2.24) is 10.2 Å². The van der Waals surface area contributed by atoms with Crippen molar-refractivity contribution in [2.75, 3.05) is 19.6 Å². The molecule has 2 fully saturated rings. The Bertz CT molecular complexity index is 328. The highest BCUT2D eigenvalue weighted by molar-refractivity contribution is 7.09. The third-order valence-corrected chi connectivity index (χ3v) is 5.01. The lowest BCUT2D eigenvalue weighted by molar-refractivity contribution is 0.0582. The van der Waals surface area contributed by atoms with Crippen LogP contribution in [0.2, 0.25) is 0 Å². The van der Waals surface area contributed by atoms with E-state index in [0.29, 0.717) is 5.54 Å². The van der Waals surface area contributed by atoms with Crippen LogP contribution in [0.1, 0.15) is 30.6 Å². The van der Waals surface area contributed by atoms with Crippen molar-refractivity contribution in [1.29, 1.82) is 0 Å². The van der Waals surface area contributed by atoms with Gasteiger partial charge in [0.1, 0.15) is 0 Å². The molecule has 2 aliphatic rings. The zero-order valence-corrected chi connectivity index (χ0v) is 10.6. The molecule has 1 N–H and O–H groups in total. The number of nitrogens with one attached hydrogen (secondary N) is 1. The second-order valence-corrected chi connectivity index (χ2v) is 6.14. The van der Waals surface area contributed by atoms with Gasteiger partial charge in [-0.1, -0.05) is 18.9 Å². The quantitative estimate of drug-likeness (QED) is 0.848. The van der Waals surface area contributed by atoms with E-state index in [2.05, 4.69) is 27.7 Å². The maximum Gasteiger partial charge on any atom is 0.0338 e. The monoisotopic (exact) mass is 236 g/mol. The van der Waals surface area contributed by atoms with Crippen molar-refractivity contribution in [3.63, 3.8) is 0 Å². The SMILES string of the molecule is c1csc(CN2CCNCC23CCCC3)c1. The summed E-state index contributed by atoms with van der Waals surface area (Å²) in [5.41, 5.74) is 0.488. The molecule has 3 rings (SSSR count). The number of hydrogen-bond acceptors (Lipinski definition) is 3. The molecule has 0 unspecified atom stereocenters. The summed E-state index contributed by atoms with van der Waals surface area (Å²) in [4.78, 5) is 4.26. The van der Waals surface area contributed by atoms with E-state index in [1.807, 2.05) is 11.3 Å². The zero-order chi connectivity index (χ0) is 10.8. The molecule has 0 amide bonds. The normalized spacial score (nSPS) is 25.2. The predicted molar refractivity (Wildman–Crippen MR) is 68.8 cm³/mol. The highest BCUT2D eigenvalue weighted by atomic mass is 32.1. The van der Waals surface area contributed by atoms with E-state index < -0.39 is 0 Å².